The fourth-order valence-corrected chi connectivity index (χ4v) is 2.83. The summed E-state index contributed by atoms with van der Waals surface area (Å²) >= 11 is 0. The second-order valence-electron chi connectivity index (χ2n) is 5.81. The van der Waals surface area contributed by atoms with Gasteiger partial charge >= 0.3 is 5.97 Å². The molecule has 5 heteroatoms. The Morgan fingerprint density at radius 1 is 1.27 bits per heavy atom. The van der Waals surface area contributed by atoms with Crippen LogP contribution in [0.2, 0.25) is 0 Å². The number of carbonyl (C=O) groups excluding carboxylic acids is 2. The van der Waals surface area contributed by atoms with E-state index in [1.807, 2.05) is 0 Å². The number of esters is 1. The molecule has 0 radical (unpaired) electrons. The third-order valence-corrected chi connectivity index (χ3v) is 3.82. The van der Waals surface area contributed by atoms with Crippen molar-refractivity contribution in [3.05, 3.63) is 58.7 Å². The molecule has 1 aromatic carbocycles. The van der Waals surface area contributed by atoms with Gasteiger partial charge in [0.15, 0.2) is 0 Å². The monoisotopic (exact) mass is 299 g/mol. The van der Waals surface area contributed by atoms with E-state index in [2.05, 4.69) is 4.74 Å². The maximum Gasteiger partial charge on any atom is 0.342 e. The van der Waals surface area contributed by atoms with Gasteiger partial charge in [-0.05, 0) is 25.0 Å². The van der Waals surface area contributed by atoms with Crippen LogP contribution < -0.4 is 5.11 Å². The normalized spacial score (nSPS) is 25.5. The first-order valence-electron chi connectivity index (χ1n) is 6.87. The summed E-state index contributed by atoms with van der Waals surface area (Å²) in [6.45, 7) is 3.49. The van der Waals surface area contributed by atoms with Gasteiger partial charge in [-0.25, -0.2) is 4.79 Å². The molecule has 1 atom stereocenters. The van der Waals surface area contributed by atoms with Crippen LogP contribution >= 0.6 is 0 Å². The highest BCUT2D eigenvalue weighted by atomic mass is 16.6. The van der Waals surface area contributed by atoms with Crippen LogP contribution in [0, 0.1) is 0 Å². The largest absolute Gasteiger partial charge is 0.821 e. The van der Waals surface area contributed by atoms with Crippen LogP contribution in [0.4, 0.5) is 0 Å². The van der Waals surface area contributed by atoms with Crippen molar-refractivity contribution in [1.82, 2.24) is 0 Å². The van der Waals surface area contributed by atoms with Crippen LogP contribution in [0.15, 0.2) is 47.6 Å². The standard InChI is InChI=1S/C17H15O5/c1-16(2)9-8-12-13(15(19)21-3)14(18)10-6-4-5-7-11(10)17(12,20)22-16/h4-9H,1-3H3/q-1. The zero-order valence-corrected chi connectivity index (χ0v) is 12.5. The number of carbonyl (C=O) groups is 2. The van der Waals surface area contributed by atoms with Gasteiger partial charge in [0.25, 0.3) is 0 Å². The van der Waals surface area contributed by atoms with E-state index < -0.39 is 23.1 Å². The van der Waals surface area contributed by atoms with E-state index in [4.69, 9.17) is 4.74 Å². The summed E-state index contributed by atoms with van der Waals surface area (Å²) < 4.78 is 10.4. The SMILES string of the molecule is COC(=O)C1=C2C=CC(C)(C)OC2([O-])c2ccccc2C1=O. The summed E-state index contributed by atoms with van der Waals surface area (Å²) in [5, 5.41) is 13.4. The Bertz CT molecular complexity index is 741. The lowest BCUT2D eigenvalue weighted by Gasteiger charge is -2.52. The molecule has 1 unspecified atom stereocenters. The highest BCUT2D eigenvalue weighted by Crippen LogP contribution is 2.44. The van der Waals surface area contributed by atoms with Gasteiger partial charge < -0.3 is 14.6 Å². The number of methoxy groups -OCH3 is 1. The van der Waals surface area contributed by atoms with Crippen molar-refractivity contribution in [3.8, 4) is 0 Å². The van der Waals surface area contributed by atoms with Crippen molar-refractivity contribution in [2.24, 2.45) is 0 Å². The third kappa shape index (κ3) is 1.94. The van der Waals surface area contributed by atoms with Crippen LogP contribution in [0.1, 0.15) is 29.8 Å². The maximum atomic E-state index is 13.4. The molecule has 3 rings (SSSR count). The molecule has 0 spiro atoms. The van der Waals surface area contributed by atoms with E-state index >= 15 is 0 Å². The van der Waals surface area contributed by atoms with Crippen LogP contribution in [0.5, 0.6) is 0 Å². The highest BCUT2D eigenvalue weighted by molar-refractivity contribution is 6.26. The molecule has 2 aliphatic rings. The average Bonchev–Trinajstić information content (AvgIpc) is 2.47. The first-order valence-corrected chi connectivity index (χ1v) is 6.87. The molecule has 0 N–H and O–H groups in total. The first-order chi connectivity index (χ1) is 10.3. The van der Waals surface area contributed by atoms with Gasteiger partial charge in [-0.1, -0.05) is 36.4 Å². The van der Waals surface area contributed by atoms with Gasteiger partial charge in [-0.2, -0.15) is 0 Å². The van der Waals surface area contributed by atoms with E-state index in [1.165, 1.54) is 19.3 Å². The van der Waals surface area contributed by atoms with E-state index in [0.717, 1.165) is 0 Å². The Hall–Kier alpha value is -2.24. The smallest absolute Gasteiger partial charge is 0.342 e. The zero-order valence-electron chi connectivity index (χ0n) is 12.5. The molecule has 0 saturated heterocycles. The second-order valence-corrected chi connectivity index (χ2v) is 5.81. The molecular weight excluding hydrogens is 284 g/mol. The second kappa shape index (κ2) is 4.63. The van der Waals surface area contributed by atoms with Crippen molar-refractivity contribution < 1.29 is 24.2 Å². The molecule has 1 aliphatic heterocycles. The summed E-state index contributed by atoms with van der Waals surface area (Å²) in [7, 11) is 1.17. The molecule has 114 valence electrons. The Morgan fingerprint density at radius 2 is 1.95 bits per heavy atom. The van der Waals surface area contributed by atoms with Gasteiger partial charge in [0.1, 0.15) is 5.57 Å². The Morgan fingerprint density at radius 3 is 2.64 bits per heavy atom. The molecule has 0 fully saturated rings. The number of rotatable bonds is 1. The molecule has 1 heterocycles. The maximum absolute atomic E-state index is 13.4. The van der Waals surface area contributed by atoms with E-state index in [1.54, 1.807) is 38.1 Å². The Kier molecular flexibility index (Phi) is 3.09. The summed E-state index contributed by atoms with van der Waals surface area (Å²) in [6, 6.07) is 6.39. The Labute approximate surface area is 127 Å². The average molecular weight is 299 g/mol. The number of fused-ring (bicyclic) bond motifs is 3. The minimum atomic E-state index is -2.10. The topological polar surface area (TPSA) is 75.7 Å². The number of ketones is 1. The predicted octanol–water partition coefficient (Wildman–Crippen LogP) is 1.23. The summed E-state index contributed by atoms with van der Waals surface area (Å²) in [5.41, 5.74) is -0.668. The van der Waals surface area contributed by atoms with Crippen molar-refractivity contribution in [2.45, 2.75) is 25.2 Å². The van der Waals surface area contributed by atoms with E-state index in [9.17, 15) is 14.7 Å². The van der Waals surface area contributed by atoms with Gasteiger partial charge in [0, 0.05) is 11.4 Å². The molecule has 1 aromatic rings. The minimum Gasteiger partial charge on any atom is -0.821 e. The van der Waals surface area contributed by atoms with Crippen LogP contribution in [-0.2, 0) is 20.1 Å². The molecule has 0 saturated carbocycles. The van der Waals surface area contributed by atoms with E-state index in [0.29, 0.717) is 0 Å². The van der Waals surface area contributed by atoms with Crippen LogP contribution in [-0.4, -0.2) is 24.5 Å². The number of Topliss-reactive ketones (excluding diaryl/α,β-unsaturated/α-hetero) is 1. The van der Waals surface area contributed by atoms with Gasteiger partial charge in [-0.3, -0.25) is 4.79 Å². The predicted molar refractivity (Wildman–Crippen MR) is 75.8 cm³/mol. The summed E-state index contributed by atoms with van der Waals surface area (Å²) in [5.74, 6) is -3.45. The molecule has 0 amide bonds. The molecule has 22 heavy (non-hydrogen) atoms. The highest BCUT2D eigenvalue weighted by Gasteiger charge is 2.44. The third-order valence-electron chi connectivity index (χ3n) is 3.82. The van der Waals surface area contributed by atoms with Crippen molar-refractivity contribution >= 4 is 11.8 Å². The first kappa shape index (κ1) is 14.7. The zero-order chi connectivity index (χ0) is 16.1. The van der Waals surface area contributed by atoms with Crippen molar-refractivity contribution in [1.29, 1.82) is 0 Å². The lowest BCUT2D eigenvalue weighted by atomic mass is 9.78. The lowest BCUT2D eigenvalue weighted by molar-refractivity contribution is -0.562. The molecule has 1 aliphatic carbocycles. The van der Waals surface area contributed by atoms with Crippen LogP contribution in [0.25, 0.3) is 0 Å². The number of ether oxygens (including phenoxy) is 2. The van der Waals surface area contributed by atoms with Gasteiger partial charge in [-0.15, -0.1) is 0 Å². The van der Waals surface area contributed by atoms with Crippen molar-refractivity contribution in [2.75, 3.05) is 7.11 Å². The quantitative estimate of drug-likeness (QED) is 0.576. The van der Waals surface area contributed by atoms with E-state index in [-0.39, 0.29) is 22.3 Å². The minimum absolute atomic E-state index is 0.00220. The Balaban J connectivity index is 2.35. The van der Waals surface area contributed by atoms with Crippen LogP contribution in [0.3, 0.4) is 0 Å². The molecule has 0 aromatic heterocycles. The number of hydrogen-bond donors (Lipinski definition) is 0. The molecular formula is C17H15O5-. The number of hydrogen-bond acceptors (Lipinski definition) is 5. The fourth-order valence-electron chi connectivity index (χ4n) is 2.83. The lowest BCUT2D eigenvalue weighted by Crippen LogP contribution is -2.55. The van der Waals surface area contributed by atoms with Crippen molar-refractivity contribution in [3.63, 3.8) is 0 Å². The molecule has 0 bridgehead atoms. The van der Waals surface area contributed by atoms with Gasteiger partial charge in [0.2, 0.25) is 5.78 Å². The molecule has 5 nitrogen and oxygen atoms in total. The van der Waals surface area contributed by atoms with Gasteiger partial charge in [0.05, 0.1) is 12.7 Å². The fraction of sp³-hybridized carbons (Fsp3) is 0.294. The summed E-state index contributed by atoms with van der Waals surface area (Å²) in [6.07, 6.45) is 3.15. The summed E-state index contributed by atoms with van der Waals surface area (Å²) in [4.78, 5) is 24.6. The number of benzene rings is 1.